The lowest BCUT2D eigenvalue weighted by Crippen LogP contribution is -2.36. The van der Waals surface area contributed by atoms with E-state index in [-0.39, 0.29) is 24.6 Å². The molecule has 6 nitrogen and oxygen atoms in total. The largest absolute Gasteiger partial charge is 0.305 e. The highest BCUT2D eigenvalue weighted by molar-refractivity contribution is 6.31. The molecule has 0 N–H and O–H groups in total. The third kappa shape index (κ3) is 4.32. The molecule has 152 valence electrons. The van der Waals surface area contributed by atoms with Crippen LogP contribution in [0.3, 0.4) is 0 Å². The molecule has 31 heavy (non-hydrogen) atoms. The third-order valence-electron chi connectivity index (χ3n) is 4.89. The molecule has 1 amide bonds. The molecule has 0 atom stereocenters. The van der Waals surface area contributed by atoms with Crippen LogP contribution in [0.25, 0.3) is 10.9 Å². The number of benzene rings is 3. The van der Waals surface area contributed by atoms with Gasteiger partial charge in [0.15, 0.2) is 0 Å². The van der Waals surface area contributed by atoms with Crippen LogP contribution in [0.4, 0.5) is 5.69 Å². The van der Waals surface area contributed by atoms with Gasteiger partial charge in [-0.15, -0.1) is 0 Å². The number of hydrogen-bond acceptors (Lipinski definition) is 4. The minimum Gasteiger partial charge on any atom is -0.305 e. The molecule has 0 aliphatic heterocycles. The van der Waals surface area contributed by atoms with E-state index in [9.17, 15) is 14.9 Å². The van der Waals surface area contributed by atoms with Crippen molar-refractivity contribution in [3.05, 3.63) is 106 Å². The predicted molar refractivity (Wildman–Crippen MR) is 120 cm³/mol. The Morgan fingerprint density at radius 3 is 2.58 bits per heavy atom. The summed E-state index contributed by atoms with van der Waals surface area (Å²) in [6.45, 7) is 0.00530. The Morgan fingerprint density at radius 2 is 1.81 bits per heavy atom. The van der Waals surface area contributed by atoms with Crippen molar-refractivity contribution in [1.82, 2.24) is 9.55 Å². The van der Waals surface area contributed by atoms with E-state index in [4.69, 9.17) is 11.6 Å². The maximum absolute atomic E-state index is 13.4. The Morgan fingerprint density at radius 1 is 1.06 bits per heavy atom. The average molecular weight is 429 g/mol. The van der Waals surface area contributed by atoms with Crippen molar-refractivity contribution in [1.29, 1.82) is 5.26 Å². The fourth-order valence-electron chi connectivity index (χ4n) is 3.35. The van der Waals surface area contributed by atoms with E-state index in [0.29, 0.717) is 27.2 Å². The molecule has 0 saturated carbocycles. The van der Waals surface area contributed by atoms with Gasteiger partial charge in [-0.3, -0.25) is 14.2 Å². The molecule has 3 aromatic carbocycles. The Balaban J connectivity index is 1.74. The Hall–Kier alpha value is -3.95. The van der Waals surface area contributed by atoms with Crippen LogP contribution in [0.1, 0.15) is 11.1 Å². The number of anilines is 1. The maximum Gasteiger partial charge on any atom is 0.261 e. The summed E-state index contributed by atoms with van der Waals surface area (Å²) in [6, 6.07) is 23.3. The zero-order chi connectivity index (χ0) is 21.8. The van der Waals surface area contributed by atoms with Crippen LogP contribution < -0.4 is 10.5 Å². The molecular formula is C24H17ClN4O2. The van der Waals surface area contributed by atoms with E-state index in [2.05, 4.69) is 11.1 Å². The number of hydrogen-bond donors (Lipinski definition) is 0. The Bertz CT molecular complexity index is 1360. The molecule has 4 aromatic rings. The van der Waals surface area contributed by atoms with Crippen molar-refractivity contribution in [2.45, 2.75) is 13.1 Å². The number of para-hydroxylation sites is 1. The molecule has 4 rings (SSSR count). The smallest absolute Gasteiger partial charge is 0.261 e. The van der Waals surface area contributed by atoms with Gasteiger partial charge in [0.25, 0.3) is 5.56 Å². The lowest BCUT2D eigenvalue weighted by molar-refractivity contribution is -0.119. The number of fused-ring (bicyclic) bond motifs is 1. The van der Waals surface area contributed by atoms with Crippen LogP contribution in [0.15, 0.2) is 83.9 Å². The summed E-state index contributed by atoms with van der Waals surface area (Å²) in [5.74, 6) is -0.359. The van der Waals surface area contributed by atoms with Crippen LogP contribution in [0.5, 0.6) is 0 Å². The number of carbonyl (C=O) groups is 1. The first-order valence-electron chi connectivity index (χ1n) is 9.55. The van der Waals surface area contributed by atoms with Crippen molar-refractivity contribution < 1.29 is 4.79 Å². The molecule has 0 bridgehead atoms. The second-order valence-corrected chi connectivity index (χ2v) is 7.37. The number of amides is 1. The Kier molecular flexibility index (Phi) is 5.78. The van der Waals surface area contributed by atoms with Gasteiger partial charge in [-0.2, -0.15) is 5.26 Å². The van der Waals surface area contributed by atoms with Crippen molar-refractivity contribution >= 4 is 34.1 Å². The summed E-state index contributed by atoms with van der Waals surface area (Å²) in [4.78, 5) is 32.0. The number of aromatic nitrogens is 2. The quantitative estimate of drug-likeness (QED) is 0.478. The van der Waals surface area contributed by atoms with Gasteiger partial charge in [0.2, 0.25) is 5.91 Å². The van der Waals surface area contributed by atoms with Crippen LogP contribution in [-0.2, 0) is 17.9 Å². The van der Waals surface area contributed by atoms with Crippen LogP contribution >= 0.6 is 11.6 Å². The first kappa shape index (κ1) is 20.3. The van der Waals surface area contributed by atoms with Crippen LogP contribution in [0, 0.1) is 11.3 Å². The molecular weight excluding hydrogens is 412 g/mol. The van der Waals surface area contributed by atoms with E-state index < -0.39 is 0 Å². The van der Waals surface area contributed by atoms with Gasteiger partial charge >= 0.3 is 0 Å². The minimum absolute atomic E-state index is 0.221. The number of halogens is 1. The van der Waals surface area contributed by atoms with Gasteiger partial charge in [-0.05, 0) is 35.9 Å². The van der Waals surface area contributed by atoms with Gasteiger partial charge in [0.1, 0.15) is 12.6 Å². The second-order valence-electron chi connectivity index (χ2n) is 6.93. The molecule has 0 saturated heterocycles. The summed E-state index contributed by atoms with van der Waals surface area (Å²) in [5.41, 5.74) is 1.86. The molecule has 0 unspecified atom stereocenters. The lowest BCUT2D eigenvalue weighted by atomic mass is 10.1. The van der Waals surface area contributed by atoms with Gasteiger partial charge in [0.05, 0.1) is 35.0 Å². The van der Waals surface area contributed by atoms with Crippen LogP contribution in [0.2, 0.25) is 5.02 Å². The number of nitrogens with zero attached hydrogens (tertiary/aromatic N) is 4. The zero-order valence-electron chi connectivity index (χ0n) is 16.4. The molecule has 0 radical (unpaired) electrons. The molecule has 0 fully saturated rings. The summed E-state index contributed by atoms with van der Waals surface area (Å²) >= 11 is 6.16. The fraction of sp³-hybridized carbons (Fsp3) is 0.0833. The zero-order valence-corrected chi connectivity index (χ0v) is 17.2. The van der Waals surface area contributed by atoms with E-state index in [0.717, 1.165) is 5.56 Å². The monoisotopic (exact) mass is 428 g/mol. The first-order valence-corrected chi connectivity index (χ1v) is 9.93. The first-order chi connectivity index (χ1) is 15.1. The molecule has 0 spiro atoms. The molecule has 1 heterocycles. The third-order valence-corrected chi connectivity index (χ3v) is 5.13. The average Bonchev–Trinajstić information content (AvgIpc) is 2.80. The standard InChI is InChI=1S/C24H17ClN4O2/c25-19-11-10-18(13-26)22(12-19)29(14-17-6-2-1-3-7-17)23(30)15-28-16-27-21-9-5-4-8-20(21)24(28)31/h1-12,16H,14-15H2. The van der Waals surface area contributed by atoms with Gasteiger partial charge in [-0.25, -0.2) is 4.98 Å². The van der Waals surface area contributed by atoms with E-state index in [1.807, 2.05) is 30.3 Å². The summed E-state index contributed by atoms with van der Waals surface area (Å²) in [6.07, 6.45) is 1.37. The van der Waals surface area contributed by atoms with Crippen LogP contribution in [-0.4, -0.2) is 15.5 Å². The molecule has 7 heteroatoms. The number of carbonyl (C=O) groups excluding carboxylic acids is 1. The Labute approximate surface area is 183 Å². The topological polar surface area (TPSA) is 79.0 Å². The normalized spacial score (nSPS) is 10.6. The van der Waals surface area contributed by atoms with Crippen molar-refractivity contribution in [2.75, 3.05) is 4.90 Å². The van der Waals surface area contributed by atoms with Gasteiger partial charge < -0.3 is 4.90 Å². The highest BCUT2D eigenvalue weighted by Gasteiger charge is 2.21. The molecule has 0 aliphatic rings. The van der Waals surface area contributed by atoms with E-state index >= 15 is 0 Å². The van der Waals surface area contributed by atoms with E-state index in [1.165, 1.54) is 15.8 Å². The number of rotatable bonds is 5. The lowest BCUT2D eigenvalue weighted by Gasteiger charge is -2.24. The fourth-order valence-corrected chi connectivity index (χ4v) is 3.51. The van der Waals surface area contributed by atoms with Crippen molar-refractivity contribution in [3.63, 3.8) is 0 Å². The van der Waals surface area contributed by atoms with Gasteiger partial charge in [0, 0.05) is 5.02 Å². The van der Waals surface area contributed by atoms with E-state index in [1.54, 1.807) is 42.5 Å². The summed E-state index contributed by atoms with van der Waals surface area (Å²) < 4.78 is 1.28. The van der Waals surface area contributed by atoms with Crippen molar-refractivity contribution in [2.24, 2.45) is 0 Å². The maximum atomic E-state index is 13.4. The number of nitriles is 1. The molecule has 0 aliphatic carbocycles. The highest BCUT2D eigenvalue weighted by Crippen LogP contribution is 2.26. The predicted octanol–water partition coefficient (Wildman–Crippen LogP) is 4.15. The molecule has 1 aromatic heterocycles. The second kappa shape index (κ2) is 8.82. The SMILES string of the molecule is N#Cc1ccc(Cl)cc1N(Cc1ccccc1)C(=O)Cn1cnc2ccccc2c1=O. The minimum atomic E-state index is -0.359. The van der Waals surface area contributed by atoms with Gasteiger partial charge in [-0.1, -0.05) is 54.1 Å². The highest BCUT2D eigenvalue weighted by atomic mass is 35.5. The summed E-state index contributed by atoms with van der Waals surface area (Å²) in [7, 11) is 0. The summed E-state index contributed by atoms with van der Waals surface area (Å²) in [5, 5.41) is 10.4. The van der Waals surface area contributed by atoms with Crippen molar-refractivity contribution in [3.8, 4) is 6.07 Å².